The van der Waals surface area contributed by atoms with Gasteiger partial charge in [0.2, 0.25) is 5.91 Å². The number of aryl methyl sites for hydroxylation is 1. The van der Waals surface area contributed by atoms with Crippen molar-refractivity contribution in [3.05, 3.63) is 50.9 Å². The van der Waals surface area contributed by atoms with Crippen LogP contribution in [0.2, 0.25) is 5.02 Å². The molecule has 3 rings (SSSR count). The maximum Gasteiger partial charge on any atom is 0.229 e. The Kier molecular flexibility index (Phi) is 4.48. The van der Waals surface area contributed by atoms with Gasteiger partial charge < -0.3 is 5.32 Å². The molecule has 21 heavy (non-hydrogen) atoms. The Bertz CT molecular complexity index is 641. The number of nitrogens with zero attached hydrogens (tertiary/aromatic N) is 1. The first kappa shape index (κ1) is 14.8. The lowest BCUT2D eigenvalue weighted by Crippen LogP contribution is -2.35. The maximum absolute atomic E-state index is 12.3. The standard InChI is InChI=1S/C15H14Cl2N2OS/c16-10-3-1-9(2-4-10)7-13(17)19-15(20)11-5-6-12-14(11)21-8-18-12/h1-4,8,11,13H,5-7H2,(H,19,20). The van der Waals surface area contributed by atoms with E-state index in [1.165, 1.54) is 0 Å². The summed E-state index contributed by atoms with van der Waals surface area (Å²) in [6, 6.07) is 7.48. The molecule has 1 aliphatic carbocycles. The molecule has 110 valence electrons. The first-order chi connectivity index (χ1) is 10.1. The predicted octanol–water partition coefficient (Wildman–Crippen LogP) is 3.75. The summed E-state index contributed by atoms with van der Waals surface area (Å²) in [5, 5.41) is 3.58. The molecule has 1 aliphatic rings. The molecule has 0 saturated heterocycles. The van der Waals surface area contributed by atoms with Crippen molar-refractivity contribution in [2.24, 2.45) is 0 Å². The molecule has 0 aliphatic heterocycles. The molecule has 6 heteroatoms. The number of carbonyl (C=O) groups is 1. The fraction of sp³-hybridized carbons (Fsp3) is 0.333. The second-order valence-electron chi connectivity index (χ2n) is 5.06. The van der Waals surface area contributed by atoms with Gasteiger partial charge in [0.15, 0.2) is 0 Å². The third-order valence-corrected chi connectivity index (χ3v) is 5.10. The molecule has 0 spiro atoms. The topological polar surface area (TPSA) is 42.0 Å². The largest absolute Gasteiger partial charge is 0.339 e. The van der Waals surface area contributed by atoms with Crippen LogP contribution in [0.3, 0.4) is 0 Å². The van der Waals surface area contributed by atoms with Crippen LogP contribution in [0.15, 0.2) is 29.8 Å². The van der Waals surface area contributed by atoms with Gasteiger partial charge in [0.1, 0.15) is 5.50 Å². The molecule has 1 amide bonds. The monoisotopic (exact) mass is 340 g/mol. The molecule has 2 unspecified atom stereocenters. The highest BCUT2D eigenvalue weighted by Gasteiger charge is 2.31. The molecule has 0 saturated carbocycles. The highest BCUT2D eigenvalue weighted by Crippen LogP contribution is 2.35. The molecule has 1 heterocycles. The molecule has 0 bridgehead atoms. The summed E-state index contributed by atoms with van der Waals surface area (Å²) in [4.78, 5) is 17.7. The summed E-state index contributed by atoms with van der Waals surface area (Å²) in [6.07, 6.45) is 2.28. The summed E-state index contributed by atoms with van der Waals surface area (Å²) in [5.74, 6) is -0.106. The summed E-state index contributed by atoms with van der Waals surface area (Å²) >= 11 is 13.7. The van der Waals surface area contributed by atoms with Gasteiger partial charge >= 0.3 is 0 Å². The first-order valence-electron chi connectivity index (χ1n) is 6.74. The molecule has 2 aromatic rings. The smallest absolute Gasteiger partial charge is 0.229 e. The second kappa shape index (κ2) is 6.34. The minimum absolute atomic E-state index is 0.00744. The van der Waals surface area contributed by atoms with Crippen molar-refractivity contribution >= 4 is 40.4 Å². The number of rotatable bonds is 4. The predicted molar refractivity (Wildman–Crippen MR) is 86.1 cm³/mol. The van der Waals surface area contributed by atoms with Gasteiger partial charge in [-0.05, 0) is 30.5 Å². The lowest BCUT2D eigenvalue weighted by Gasteiger charge is -2.15. The fourth-order valence-corrected chi connectivity index (χ4v) is 3.93. The zero-order valence-electron chi connectivity index (χ0n) is 11.2. The van der Waals surface area contributed by atoms with E-state index >= 15 is 0 Å². The lowest BCUT2D eigenvalue weighted by molar-refractivity contribution is -0.122. The SMILES string of the molecule is O=C(NC(Cl)Cc1ccc(Cl)cc1)C1CCc2ncsc21. The zero-order chi connectivity index (χ0) is 14.8. The van der Waals surface area contributed by atoms with Gasteiger partial charge in [-0.1, -0.05) is 35.3 Å². The molecule has 0 fully saturated rings. The van der Waals surface area contributed by atoms with E-state index in [1.54, 1.807) is 16.8 Å². The van der Waals surface area contributed by atoms with E-state index < -0.39 is 5.50 Å². The number of alkyl halides is 1. The van der Waals surface area contributed by atoms with E-state index in [-0.39, 0.29) is 11.8 Å². The molecular formula is C15H14Cl2N2OS. The first-order valence-corrected chi connectivity index (χ1v) is 8.44. The number of nitrogens with one attached hydrogen (secondary N) is 1. The summed E-state index contributed by atoms with van der Waals surface area (Å²) in [6.45, 7) is 0. The summed E-state index contributed by atoms with van der Waals surface area (Å²) in [7, 11) is 0. The van der Waals surface area contributed by atoms with Crippen LogP contribution in [0.5, 0.6) is 0 Å². The van der Waals surface area contributed by atoms with E-state index in [4.69, 9.17) is 23.2 Å². The number of thiazole rings is 1. The Balaban J connectivity index is 1.59. The minimum Gasteiger partial charge on any atom is -0.339 e. The zero-order valence-corrected chi connectivity index (χ0v) is 13.5. The molecule has 3 nitrogen and oxygen atoms in total. The van der Waals surface area contributed by atoms with Crippen LogP contribution in [0.1, 0.15) is 28.5 Å². The Morgan fingerprint density at radius 3 is 2.95 bits per heavy atom. The van der Waals surface area contributed by atoms with Crippen LogP contribution < -0.4 is 5.32 Å². The lowest BCUT2D eigenvalue weighted by atomic mass is 10.1. The maximum atomic E-state index is 12.3. The number of amides is 1. The third kappa shape index (κ3) is 3.39. The van der Waals surface area contributed by atoms with Crippen LogP contribution in [0, 0.1) is 0 Å². The van der Waals surface area contributed by atoms with Crippen LogP contribution in [0.4, 0.5) is 0 Å². The van der Waals surface area contributed by atoms with Crippen molar-refractivity contribution < 1.29 is 4.79 Å². The second-order valence-corrected chi connectivity index (χ2v) is 6.91. The quantitative estimate of drug-likeness (QED) is 0.680. The van der Waals surface area contributed by atoms with E-state index in [2.05, 4.69) is 10.3 Å². The van der Waals surface area contributed by atoms with E-state index in [1.807, 2.05) is 24.3 Å². The number of carbonyl (C=O) groups excluding carboxylic acids is 1. The van der Waals surface area contributed by atoms with Gasteiger partial charge in [-0.15, -0.1) is 11.3 Å². The number of hydrogen-bond acceptors (Lipinski definition) is 3. The van der Waals surface area contributed by atoms with Gasteiger partial charge in [-0.3, -0.25) is 4.79 Å². The minimum atomic E-state index is -0.421. The van der Waals surface area contributed by atoms with Crippen molar-refractivity contribution in [1.29, 1.82) is 0 Å². The average molecular weight is 341 g/mol. The van der Waals surface area contributed by atoms with Crippen LogP contribution in [-0.4, -0.2) is 16.4 Å². The van der Waals surface area contributed by atoms with Crippen molar-refractivity contribution in [2.75, 3.05) is 0 Å². The number of aromatic nitrogens is 1. The molecule has 1 aromatic heterocycles. The van der Waals surface area contributed by atoms with Crippen LogP contribution in [-0.2, 0) is 17.6 Å². The van der Waals surface area contributed by atoms with E-state index in [9.17, 15) is 4.79 Å². The van der Waals surface area contributed by atoms with Crippen LogP contribution in [0.25, 0.3) is 0 Å². The number of benzene rings is 1. The van der Waals surface area contributed by atoms with Crippen molar-refractivity contribution in [1.82, 2.24) is 10.3 Å². The van der Waals surface area contributed by atoms with Gasteiger partial charge in [0.05, 0.1) is 17.1 Å². The van der Waals surface area contributed by atoms with Gasteiger partial charge in [-0.2, -0.15) is 0 Å². The van der Waals surface area contributed by atoms with Crippen molar-refractivity contribution in [3.8, 4) is 0 Å². The molecule has 1 aromatic carbocycles. The normalized spacial score (nSPS) is 18.3. The Hall–Kier alpha value is -1.10. The van der Waals surface area contributed by atoms with Crippen molar-refractivity contribution in [2.45, 2.75) is 30.7 Å². The number of halogens is 2. The molecule has 1 N–H and O–H groups in total. The van der Waals surface area contributed by atoms with Gasteiger partial charge in [0, 0.05) is 16.3 Å². The molecular weight excluding hydrogens is 327 g/mol. The Labute approximate surface area is 137 Å². The highest BCUT2D eigenvalue weighted by atomic mass is 35.5. The third-order valence-electron chi connectivity index (χ3n) is 3.60. The van der Waals surface area contributed by atoms with Gasteiger partial charge in [-0.25, -0.2) is 4.98 Å². The number of fused-ring (bicyclic) bond motifs is 1. The van der Waals surface area contributed by atoms with Crippen molar-refractivity contribution in [3.63, 3.8) is 0 Å². The van der Waals surface area contributed by atoms with E-state index in [0.717, 1.165) is 29.0 Å². The Morgan fingerprint density at radius 1 is 1.43 bits per heavy atom. The van der Waals surface area contributed by atoms with Crippen LogP contribution >= 0.6 is 34.5 Å². The average Bonchev–Trinajstić information content (AvgIpc) is 3.03. The fourth-order valence-electron chi connectivity index (χ4n) is 2.55. The summed E-state index contributed by atoms with van der Waals surface area (Å²) in [5.41, 5.74) is 3.49. The number of hydrogen-bond donors (Lipinski definition) is 1. The highest BCUT2D eigenvalue weighted by molar-refractivity contribution is 7.10. The molecule has 2 atom stereocenters. The van der Waals surface area contributed by atoms with Gasteiger partial charge in [0.25, 0.3) is 0 Å². The van der Waals surface area contributed by atoms with E-state index in [0.29, 0.717) is 11.4 Å². The molecule has 0 radical (unpaired) electrons. The Morgan fingerprint density at radius 2 is 2.19 bits per heavy atom. The summed E-state index contributed by atoms with van der Waals surface area (Å²) < 4.78 is 0.